The summed E-state index contributed by atoms with van der Waals surface area (Å²) in [6.45, 7) is 0.731. The van der Waals surface area contributed by atoms with Gasteiger partial charge < -0.3 is 5.73 Å². The lowest BCUT2D eigenvalue weighted by molar-refractivity contribution is 0.635. The van der Waals surface area contributed by atoms with E-state index >= 15 is 0 Å². The monoisotopic (exact) mass is 281 g/mol. The third-order valence-electron chi connectivity index (χ3n) is 4.42. The van der Waals surface area contributed by atoms with Crippen LogP contribution in [0, 0.1) is 0 Å². The largest absolute Gasteiger partial charge is 0.383 e. The molecule has 3 N–H and O–H groups in total. The average molecular weight is 281 g/mol. The van der Waals surface area contributed by atoms with Gasteiger partial charge in [-0.05, 0) is 18.4 Å². The van der Waals surface area contributed by atoms with Crippen molar-refractivity contribution in [1.29, 1.82) is 0 Å². The first-order valence-corrected chi connectivity index (χ1v) is 7.57. The number of rotatable bonds is 3. The molecule has 2 aromatic heterocycles. The Bertz CT molecular complexity index is 750. The highest BCUT2D eigenvalue weighted by Gasteiger charge is 2.26. The van der Waals surface area contributed by atoms with E-state index in [1.807, 2.05) is 22.9 Å². The number of nitrogens with one attached hydrogen (secondary N) is 1. The number of aromatic amines is 1. The topological polar surface area (TPSA) is 72.5 Å². The second kappa shape index (κ2) is 4.91. The van der Waals surface area contributed by atoms with Crippen LogP contribution >= 0.6 is 0 Å². The molecule has 0 amide bonds. The Labute approximate surface area is 123 Å². The van der Waals surface area contributed by atoms with E-state index in [0.29, 0.717) is 11.7 Å². The maximum atomic E-state index is 6.08. The molecule has 5 nitrogen and oxygen atoms in total. The van der Waals surface area contributed by atoms with Gasteiger partial charge in [0.25, 0.3) is 0 Å². The summed E-state index contributed by atoms with van der Waals surface area (Å²) in [5.74, 6) is 1.18. The third kappa shape index (κ3) is 2.09. The molecular formula is C16H19N5. The molecule has 0 unspecified atom stereocenters. The Balaban J connectivity index is 1.79. The smallest absolute Gasteiger partial charge is 0.182 e. The summed E-state index contributed by atoms with van der Waals surface area (Å²) in [7, 11) is 0. The number of fused-ring (bicyclic) bond motifs is 1. The summed E-state index contributed by atoms with van der Waals surface area (Å²) in [5.41, 5.74) is 9.31. The van der Waals surface area contributed by atoms with Gasteiger partial charge in [0.2, 0.25) is 0 Å². The minimum absolute atomic E-state index is 0.532. The van der Waals surface area contributed by atoms with E-state index in [-0.39, 0.29) is 0 Å². The fraction of sp³-hybridized carbons (Fsp3) is 0.375. The van der Waals surface area contributed by atoms with Crippen LogP contribution in [0.4, 0.5) is 5.82 Å². The highest BCUT2D eigenvalue weighted by atomic mass is 15.3. The molecule has 1 aliphatic carbocycles. The number of aromatic nitrogens is 4. The van der Waals surface area contributed by atoms with Gasteiger partial charge in [0.05, 0.1) is 17.6 Å². The predicted octanol–water partition coefficient (Wildman–Crippen LogP) is 3.05. The number of hydrogen-bond acceptors (Lipinski definition) is 3. The van der Waals surface area contributed by atoms with Crippen LogP contribution in [-0.4, -0.2) is 20.0 Å². The third-order valence-corrected chi connectivity index (χ3v) is 4.42. The molecule has 0 spiro atoms. The number of nitrogen functional groups attached to an aromatic ring is 1. The van der Waals surface area contributed by atoms with Crippen LogP contribution in [0.2, 0.25) is 0 Å². The van der Waals surface area contributed by atoms with Gasteiger partial charge in [0.15, 0.2) is 5.65 Å². The molecule has 0 saturated heterocycles. The minimum atomic E-state index is 0.532. The maximum absolute atomic E-state index is 6.08. The van der Waals surface area contributed by atoms with Crippen LogP contribution in [0.1, 0.15) is 42.9 Å². The number of nitrogens with zero attached hydrogens (tertiary/aromatic N) is 3. The summed E-state index contributed by atoms with van der Waals surface area (Å²) in [4.78, 5) is 0. The number of nitrogens with two attached hydrogens (primary N) is 1. The van der Waals surface area contributed by atoms with E-state index in [9.17, 15) is 0 Å². The second-order valence-corrected chi connectivity index (χ2v) is 5.85. The standard InChI is InChI=1S/C16H19N5/c17-15-13-14(12-8-4-5-9-12)20-21(16(13)19-18-15)10-11-6-2-1-3-7-11/h1-3,6-7,12H,4-5,8-10H2,(H3,17,18,19). The molecule has 1 fully saturated rings. The molecule has 0 radical (unpaired) electrons. The summed E-state index contributed by atoms with van der Waals surface area (Å²) in [6, 6.07) is 10.3. The Morgan fingerprint density at radius 3 is 2.71 bits per heavy atom. The molecule has 1 aromatic carbocycles. The van der Waals surface area contributed by atoms with E-state index in [1.54, 1.807) is 0 Å². The van der Waals surface area contributed by atoms with Gasteiger partial charge in [0.1, 0.15) is 5.82 Å². The number of anilines is 1. The number of H-pyrrole nitrogens is 1. The summed E-state index contributed by atoms with van der Waals surface area (Å²) >= 11 is 0. The van der Waals surface area contributed by atoms with Crippen molar-refractivity contribution < 1.29 is 0 Å². The normalized spacial score (nSPS) is 16.0. The van der Waals surface area contributed by atoms with Gasteiger partial charge in [-0.2, -0.15) is 10.2 Å². The lowest BCUT2D eigenvalue weighted by Gasteiger charge is -2.06. The zero-order valence-electron chi connectivity index (χ0n) is 11.9. The van der Waals surface area contributed by atoms with E-state index in [1.165, 1.54) is 31.2 Å². The van der Waals surface area contributed by atoms with Gasteiger partial charge in [-0.1, -0.05) is 43.2 Å². The van der Waals surface area contributed by atoms with Crippen LogP contribution in [0.15, 0.2) is 30.3 Å². The van der Waals surface area contributed by atoms with Gasteiger partial charge in [-0.15, -0.1) is 0 Å². The minimum Gasteiger partial charge on any atom is -0.383 e. The Hall–Kier alpha value is -2.30. The van der Waals surface area contributed by atoms with Crippen LogP contribution < -0.4 is 5.73 Å². The second-order valence-electron chi connectivity index (χ2n) is 5.85. The molecule has 108 valence electrons. The summed E-state index contributed by atoms with van der Waals surface area (Å²) in [5, 5.41) is 13.1. The molecule has 21 heavy (non-hydrogen) atoms. The molecule has 1 saturated carbocycles. The summed E-state index contributed by atoms with van der Waals surface area (Å²) in [6.07, 6.45) is 5.00. The number of benzene rings is 1. The Kier molecular flexibility index (Phi) is 2.91. The van der Waals surface area contributed by atoms with Crippen LogP contribution in [0.5, 0.6) is 0 Å². The van der Waals surface area contributed by atoms with Gasteiger partial charge in [0, 0.05) is 5.92 Å². The Morgan fingerprint density at radius 2 is 1.95 bits per heavy atom. The molecule has 3 aromatic rings. The molecule has 0 atom stereocenters. The van der Waals surface area contributed by atoms with Gasteiger partial charge in [-0.3, -0.25) is 5.10 Å². The van der Waals surface area contributed by atoms with Crippen LogP contribution in [0.25, 0.3) is 11.0 Å². The molecule has 5 heteroatoms. The lowest BCUT2D eigenvalue weighted by Crippen LogP contribution is -2.04. The highest BCUT2D eigenvalue weighted by molar-refractivity contribution is 5.89. The molecular weight excluding hydrogens is 262 g/mol. The van der Waals surface area contributed by atoms with E-state index in [4.69, 9.17) is 10.8 Å². The molecule has 4 rings (SSSR count). The van der Waals surface area contributed by atoms with Crippen molar-refractivity contribution in [3.8, 4) is 0 Å². The van der Waals surface area contributed by atoms with E-state index in [0.717, 1.165) is 23.3 Å². The lowest BCUT2D eigenvalue weighted by atomic mass is 10.0. The van der Waals surface area contributed by atoms with Gasteiger partial charge in [-0.25, -0.2) is 4.68 Å². The first-order valence-electron chi connectivity index (χ1n) is 7.57. The maximum Gasteiger partial charge on any atom is 0.182 e. The molecule has 1 aliphatic rings. The van der Waals surface area contributed by atoms with Crippen molar-refractivity contribution in [2.75, 3.05) is 5.73 Å². The van der Waals surface area contributed by atoms with Crippen molar-refractivity contribution >= 4 is 16.9 Å². The fourth-order valence-electron chi connectivity index (χ4n) is 3.36. The SMILES string of the molecule is Nc1[nH]nc2c1c(C1CCCC1)nn2Cc1ccccc1. The fourth-order valence-corrected chi connectivity index (χ4v) is 3.36. The number of hydrogen-bond donors (Lipinski definition) is 2. The molecule has 0 bridgehead atoms. The van der Waals surface area contributed by atoms with Gasteiger partial charge >= 0.3 is 0 Å². The quantitative estimate of drug-likeness (QED) is 0.775. The van der Waals surface area contributed by atoms with Crippen LogP contribution in [0.3, 0.4) is 0 Å². The Morgan fingerprint density at radius 1 is 1.19 bits per heavy atom. The average Bonchev–Trinajstić information content (AvgIpc) is 3.20. The van der Waals surface area contributed by atoms with Crippen molar-refractivity contribution in [1.82, 2.24) is 20.0 Å². The molecule has 2 heterocycles. The predicted molar refractivity (Wildman–Crippen MR) is 83.0 cm³/mol. The summed E-state index contributed by atoms with van der Waals surface area (Å²) < 4.78 is 1.98. The van der Waals surface area contributed by atoms with E-state index < -0.39 is 0 Å². The zero-order valence-corrected chi connectivity index (χ0v) is 11.9. The first-order chi connectivity index (χ1) is 10.3. The van der Waals surface area contributed by atoms with Crippen molar-refractivity contribution in [2.45, 2.75) is 38.1 Å². The molecule has 0 aliphatic heterocycles. The van der Waals surface area contributed by atoms with Crippen LogP contribution in [-0.2, 0) is 6.54 Å². The van der Waals surface area contributed by atoms with Crippen molar-refractivity contribution in [3.63, 3.8) is 0 Å². The van der Waals surface area contributed by atoms with Crippen molar-refractivity contribution in [3.05, 3.63) is 41.6 Å². The first kappa shape index (κ1) is 12.4. The van der Waals surface area contributed by atoms with E-state index in [2.05, 4.69) is 22.3 Å². The highest BCUT2D eigenvalue weighted by Crippen LogP contribution is 2.38. The zero-order chi connectivity index (χ0) is 14.2. The van der Waals surface area contributed by atoms with Crippen molar-refractivity contribution in [2.24, 2.45) is 0 Å².